The summed E-state index contributed by atoms with van der Waals surface area (Å²) in [6, 6.07) is 9.91. The van der Waals surface area contributed by atoms with Gasteiger partial charge < -0.3 is 14.6 Å². The van der Waals surface area contributed by atoms with Gasteiger partial charge in [0.1, 0.15) is 0 Å². The third-order valence-corrected chi connectivity index (χ3v) is 4.69. The first-order chi connectivity index (χ1) is 12.9. The normalized spacial score (nSPS) is 11.6. The molecule has 0 saturated heterocycles. The van der Waals surface area contributed by atoms with Crippen molar-refractivity contribution in [3.8, 4) is 0 Å². The van der Waals surface area contributed by atoms with Crippen LogP contribution in [-0.4, -0.2) is 43.8 Å². The van der Waals surface area contributed by atoms with E-state index in [0.717, 1.165) is 11.3 Å². The van der Waals surface area contributed by atoms with Gasteiger partial charge in [0.05, 0.1) is 18.6 Å². The number of halogens is 1. The second kappa shape index (κ2) is 8.10. The Hall–Kier alpha value is -2.38. The Morgan fingerprint density at radius 1 is 1.11 bits per heavy atom. The molecule has 0 radical (unpaired) electrons. The van der Waals surface area contributed by atoms with Crippen molar-refractivity contribution >= 4 is 40.4 Å². The van der Waals surface area contributed by atoms with E-state index >= 15 is 0 Å². The fraction of sp³-hybridized carbons (Fsp3) is 0.421. The zero-order valence-corrected chi connectivity index (χ0v) is 16.8. The molecule has 0 unspecified atom stereocenters. The highest BCUT2D eigenvalue weighted by Crippen LogP contribution is 2.33. The molecule has 0 aliphatic rings. The highest BCUT2D eigenvalue weighted by molar-refractivity contribution is 6.30. The van der Waals surface area contributed by atoms with Crippen LogP contribution in [0, 0.1) is 0 Å². The van der Waals surface area contributed by atoms with Crippen molar-refractivity contribution in [1.82, 2.24) is 19.5 Å². The number of aromatic nitrogens is 4. The molecular weight excluding hydrogens is 364 g/mol. The molecule has 0 aliphatic carbocycles. The van der Waals surface area contributed by atoms with Gasteiger partial charge in [-0.2, -0.15) is 9.97 Å². The Morgan fingerprint density at radius 2 is 1.81 bits per heavy atom. The van der Waals surface area contributed by atoms with Crippen molar-refractivity contribution in [2.24, 2.45) is 0 Å². The summed E-state index contributed by atoms with van der Waals surface area (Å²) in [4.78, 5) is 15.9. The molecule has 8 heteroatoms. The number of rotatable bonds is 7. The molecule has 1 N–H and O–H groups in total. The van der Waals surface area contributed by atoms with Crippen LogP contribution in [0.25, 0.3) is 11.2 Å². The molecule has 1 aromatic carbocycles. The molecule has 0 saturated carbocycles. The quantitative estimate of drug-likeness (QED) is 0.619. The van der Waals surface area contributed by atoms with E-state index in [4.69, 9.17) is 21.7 Å². The molecule has 2 aromatic heterocycles. The Morgan fingerprint density at radius 3 is 2.41 bits per heavy atom. The number of imidazole rings is 1. The Bertz CT molecular complexity index is 896. The Balaban J connectivity index is 2.21. The van der Waals surface area contributed by atoms with Gasteiger partial charge >= 0.3 is 0 Å². The molecule has 3 rings (SSSR count). The average Bonchev–Trinajstić information content (AvgIpc) is 3.09. The molecule has 144 valence electrons. The van der Waals surface area contributed by atoms with Gasteiger partial charge in [0.25, 0.3) is 0 Å². The third-order valence-electron chi connectivity index (χ3n) is 4.34. The predicted molar refractivity (Wildman–Crippen MR) is 110 cm³/mol. The Kier molecular flexibility index (Phi) is 5.82. The zero-order chi connectivity index (χ0) is 19.6. The second-order valence-corrected chi connectivity index (χ2v) is 7.23. The van der Waals surface area contributed by atoms with Gasteiger partial charge in [-0.05, 0) is 39.8 Å². The summed E-state index contributed by atoms with van der Waals surface area (Å²) >= 11 is 6.66. The van der Waals surface area contributed by atoms with Gasteiger partial charge in [-0.1, -0.05) is 18.2 Å². The zero-order valence-electron chi connectivity index (χ0n) is 16.0. The summed E-state index contributed by atoms with van der Waals surface area (Å²) in [6.45, 7) is 8.68. The van der Waals surface area contributed by atoms with Crippen LogP contribution in [0.4, 0.5) is 17.5 Å². The largest absolute Gasteiger partial charge is 0.395 e. The number of fused-ring (bicyclic) bond motifs is 1. The van der Waals surface area contributed by atoms with Crippen LogP contribution in [0.2, 0.25) is 0 Å². The number of para-hydroxylation sites is 1. The number of nitrogens with zero attached hydrogens (tertiary/aromatic N) is 6. The molecule has 0 spiro atoms. The van der Waals surface area contributed by atoms with Gasteiger partial charge in [0.2, 0.25) is 5.95 Å². The number of aliphatic hydroxyl groups is 1. The first-order valence-corrected chi connectivity index (χ1v) is 9.40. The third kappa shape index (κ3) is 3.84. The molecule has 2 heterocycles. The molecule has 0 atom stereocenters. The molecule has 3 aromatic rings. The van der Waals surface area contributed by atoms with Gasteiger partial charge in [-0.3, -0.25) is 0 Å². The van der Waals surface area contributed by atoms with Gasteiger partial charge in [0.15, 0.2) is 17.0 Å². The van der Waals surface area contributed by atoms with Crippen LogP contribution >= 0.6 is 11.8 Å². The van der Waals surface area contributed by atoms with E-state index < -0.39 is 0 Å². The summed E-state index contributed by atoms with van der Waals surface area (Å²) in [5.41, 5.74) is 2.15. The first kappa shape index (κ1) is 19.4. The minimum atomic E-state index is 0.0155. The molecule has 27 heavy (non-hydrogen) atoms. The SMILES string of the molecule is CC(C)N(CCO)c1nc(N(Cl)c2ccccc2)c2ncn(C(C)C)c2n1. The van der Waals surface area contributed by atoms with E-state index in [2.05, 4.69) is 18.8 Å². The summed E-state index contributed by atoms with van der Waals surface area (Å²) < 4.78 is 3.50. The average molecular weight is 389 g/mol. The van der Waals surface area contributed by atoms with Crippen LogP contribution in [0.15, 0.2) is 36.7 Å². The summed E-state index contributed by atoms with van der Waals surface area (Å²) in [5, 5.41) is 9.47. The maximum Gasteiger partial charge on any atom is 0.229 e. The van der Waals surface area contributed by atoms with Crippen molar-refractivity contribution in [2.45, 2.75) is 39.8 Å². The molecule has 0 fully saturated rings. The number of benzene rings is 1. The van der Waals surface area contributed by atoms with Gasteiger partial charge in [0, 0.05) is 30.4 Å². The van der Waals surface area contributed by atoms with Crippen LogP contribution < -0.4 is 9.32 Å². The lowest BCUT2D eigenvalue weighted by Gasteiger charge is -2.27. The fourth-order valence-electron chi connectivity index (χ4n) is 2.91. The number of hydrogen-bond acceptors (Lipinski definition) is 6. The predicted octanol–water partition coefficient (Wildman–Crippen LogP) is 3.91. The lowest BCUT2D eigenvalue weighted by molar-refractivity contribution is 0.298. The topological polar surface area (TPSA) is 70.3 Å². The van der Waals surface area contributed by atoms with Crippen LogP contribution in [-0.2, 0) is 0 Å². The molecule has 7 nitrogen and oxygen atoms in total. The standard InChI is InChI=1S/C19H25ClN6O/c1-13(2)24(10-11-27)19-22-17-16(21-12-25(17)14(3)4)18(23-19)26(20)15-8-6-5-7-9-15/h5-9,12-14,27H,10-11H2,1-4H3. The Labute approximate surface area is 164 Å². The number of aliphatic hydroxyl groups excluding tert-OH is 1. The van der Waals surface area contributed by atoms with E-state index in [1.807, 2.05) is 53.6 Å². The van der Waals surface area contributed by atoms with E-state index in [9.17, 15) is 5.11 Å². The number of hydrogen-bond donors (Lipinski definition) is 1. The van der Waals surface area contributed by atoms with Crippen molar-refractivity contribution in [3.63, 3.8) is 0 Å². The highest BCUT2D eigenvalue weighted by Gasteiger charge is 2.23. The van der Waals surface area contributed by atoms with E-state index in [1.54, 1.807) is 6.33 Å². The maximum absolute atomic E-state index is 9.47. The first-order valence-electron chi connectivity index (χ1n) is 9.07. The van der Waals surface area contributed by atoms with Gasteiger partial charge in [-0.15, -0.1) is 0 Å². The van der Waals surface area contributed by atoms with Crippen LogP contribution in [0.1, 0.15) is 33.7 Å². The minimum absolute atomic E-state index is 0.0155. The van der Waals surface area contributed by atoms with Gasteiger partial charge in [-0.25, -0.2) is 9.40 Å². The summed E-state index contributed by atoms with van der Waals surface area (Å²) in [7, 11) is 0. The van der Waals surface area contributed by atoms with Crippen molar-refractivity contribution < 1.29 is 5.11 Å². The maximum atomic E-state index is 9.47. The smallest absolute Gasteiger partial charge is 0.229 e. The monoisotopic (exact) mass is 388 g/mol. The second-order valence-electron chi connectivity index (χ2n) is 6.89. The fourth-order valence-corrected chi connectivity index (χ4v) is 3.14. The van der Waals surface area contributed by atoms with Crippen molar-refractivity contribution in [3.05, 3.63) is 36.7 Å². The summed E-state index contributed by atoms with van der Waals surface area (Å²) in [6.07, 6.45) is 1.76. The lowest BCUT2D eigenvalue weighted by Crippen LogP contribution is -2.35. The van der Waals surface area contributed by atoms with E-state index in [0.29, 0.717) is 23.8 Å². The molecular formula is C19H25ClN6O. The van der Waals surface area contributed by atoms with Crippen molar-refractivity contribution in [1.29, 1.82) is 0 Å². The summed E-state index contributed by atoms with van der Waals surface area (Å²) in [5.74, 6) is 1.04. The van der Waals surface area contributed by atoms with Crippen LogP contribution in [0.5, 0.6) is 0 Å². The van der Waals surface area contributed by atoms with Crippen molar-refractivity contribution in [2.75, 3.05) is 22.5 Å². The van der Waals surface area contributed by atoms with Crippen LogP contribution in [0.3, 0.4) is 0 Å². The minimum Gasteiger partial charge on any atom is -0.395 e. The number of anilines is 3. The lowest BCUT2D eigenvalue weighted by atomic mass is 10.3. The molecule has 0 bridgehead atoms. The molecule has 0 aliphatic heterocycles. The van der Waals surface area contributed by atoms with E-state index in [1.165, 1.54) is 4.42 Å². The molecule has 0 amide bonds. The van der Waals surface area contributed by atoms with E-state index in [-0.39, 0.29) is 18.7 Å². The highest BCUT2D eigenvalue weighted by atomic mass is 35.5.